The minimum atomic E-state index is 0.161. The number of aryl methyl sites for hydroxylation is 2. The summed E-state index contributed by atoms with van der Waals surface area (Å²) in [7, 11) is 0. The molecule has 0 radical (unpaired) electrons. The van der Waals surface area contributed by atoms with Gasteiger partial charge in [-0.2, -0.15) is 0 Å². The Balaban J connectivity index is 1.52. The Bertz CT molecular complexity index is 491. The molecule has 0 aliphatic rings. The van der Waals surface area contributed by atoms with Gasteiger partial charge in [-0.05, 0) is 37.0 Å². The first-order valence-corrected chi connectivity index (χ1v) is 7.26. The summed E-state index contributed by atoms with van der Waals surface area (Å²) in [5.74, 6) is 0.161. The lowest BCUT2D eigenvalue weighted by atomic mass is 10.1. The molecule has 3 heteroatoms. The third kappa shape index (κ3) is 5.31. The van der Waals surface area contributed by atoms with Crippen LogP contribution in [-0.2, 0) is 17.8 Å². The van der Waals surface area contributed by atoms with E-state index in [0.29, 0.717) is 6.42 Å². The van der Waals surface area contributed by atoms with E-state index < -0.39 is 0 Å². The molecule has 2 aromatic rings. The van der Waals surface area contributed by atoms with Crippen LogP contribution in [-0.4, -0.2) is 17.0 Å². The number of rotatable bonds is 8. The zero-order chi connectivity index (χ0) is 14.0. The summed E-state index contributed by atoms with van der Waals surface area (Å²) in [5, 5.41) is 2.98. The molecule has 1 amide bonds. The highest BCUT2D eigenvalue weighted by atomic mass is 16.1. The van der Waals surface area contributed by atoms with E-state index >= 15 is 0 Å². The molecule has 1 heterocycles. The van der Waals surface area contributed by atoms with Gasteiger partial charge in [0.05, 0.1) is 0 Å². The molecule has 0 aliphatic heterocycles. The van der Waals surface area contributed by atoms with Crippen LogP contribution in [0.3, 0.4) is 0 Å². The summed E-state index contributed by atoms with van der Waals surface area (Å²) < 4.78 is 2.13. The maximum Gasteiger partial charge on any atom is 0.220 e. The SMILES string of the molecule is O=C(CCCc1ccccc1)NCCCn1cccc1. The summed E-state index contributed by atoms with van der Waals surface area (Å²) in [6, 6.07) is 14.3. The Morgan fingerprint density at radius 2 is 1.75 bits per heavy atom. The van der Waals surface area contributed by atoms with Crippen molar-refractivity contribution in [3.8, 4) is 0 Å². The van der Waals surface area contributed by atoms with Crippen molar-refractivity contribution in [3.63, 3.8) is 0 Å². The Morgan fingerprint density at radius 3 is 2.50 bits per heavy atom. The number of aromatic nitrogens is 1. The summed E-state index contributed by atoms with van der Waals surface area (Å²) in [6.45, 7) is 1.71. The lowest BCUT2D eigenvalue weighted by Gasteiger charge is -2.06. The minimum Gasteiger partial charge on any atom is -0.356 e. The zero-order valence-electron chi connectivity index (χ0n) is 11.8. The van der Waals surface area contributed by atoms with Gasteiger partial charge in [-0.3, -0.25) is 4.79 Å². The van der Waals surface area contributed by atoms with Crippen molar-refractivity contribution in [1.29, 1.82) is 0 Å². The number of amides is 1. The number of carbonyl (C=O) groups excluding carboxylic acids is 1. The van der Waals surface area contributed by atoms with Gasteiger partial charge in [0.25, 0.3) is 0 Å². The van der Waals surface area contributed by atoms with Gasteiger partial charge in [-0.25, -0.2) is 0 Å². The van der Waals surface area contributed by atoms with E-state index in [0.717, 1.165) is 32.4 Å². The van der Waals surface area contributed by atoms with Gasteiger partial charge < -0.3 is 9.88 Å². The van der Waals surface area contributed by atoms with E-state index in [-0.39, 0.29) is 5.91 Å². The number of carbonyl (C=O) groups is 1. The zero-order valence-corrected chi connectivity index (χ0v) is 11.8. The molecule has 20 heavy (non-hydrogen) atoms. The molecule has 1 N–H and O–H groups in total. The largest absolute Gasteiger partial charge is 0.356 e. The molecule has 0 saturated heterocycles. The second-order valence-corrected chi connectivity index (χ2v) is 4.96. The average molecular weight is 270 g/mol. The molecule has 0 unspecified atom stereocenters. The van der Waals surface area contributed by atoms with Crippen molar-refractivity contribution in [2.24, 2.45) is 0 Å². The first kappa shape index (κ1) is 14.4. The topological polar surface area (TPSA) is 34.0 Å². The molecule has 1 aromatic heterocycles. The number of benzene rings is 1. The molecule has 106 valence electrons. The highest BCUT2D eigenvalue weighted by molar-refractivity contribution is 5.75. The van der Waals surface area contributed by atoms with E-state index in [1.54, 1.807) is 0 Å². The molecular weight excluding hydrogens is 248 g/mol. The average Bonchev–Trinajstić information content (AvgIpc) is 2.98. The lowest BCUT2D eigenvalue weighted by molar-refractivity contribution is -0.121. The second-order valence-electron chi connectivity index (χ2n) is 4.96. The lowest BCUT2D eigenvalue weighted by Crippen LogP contribution is -2.24. The normalized spacial score (nSPS) is 10.4. The van der Waals surface area contributed by atoms with Crippen LogP contribution in [0.1, 0.15) is 24.8 Å². The van der Waals surface area contributed by atoms with Gasteiger partial charge in [-0.15, -0.1) is 0 Å². The van der Waals surface area contributed by atoms with Gasteiger partial charge in [0, 0.05) is 31.9 Å². The van der Waals surface area contributed by atoms with E-state index in [2.05, 4.69) is 22.0 Å². The first-order valence-electron chi connectivity index (χ1n) is 7.26. The molecule has 0 spiro atoms. The standard InChI is InChI=1S/C17H22N2O/c20-17(11-6-10-16-8-2-1-3-9-16)18-12-7-15-19-13-4-5-14-19/h1-5,8-9,13-14H,6-7,10-12,15H2,(H,18,20). The van der Waals surface area contributed by atoms with Crippen LogP contribution in [0.5, 0.6) is 0 Å². The second kappa shape index (κ2) is 8.20. The van der Waals surface area contributed by atoms with Crippen LogP contribution in [0, 0.1) is 0 Å². The number of nitrogens with one attached hydrogen (secondary N) is 1. The minimum absolute atomic E-state index is 0.161. The van der Waals surface area contributed by atoms with Crippen LogP contribution < -0.4 is 5.32 Å². The Labute approximate surface area is 120 Å². The fraction of sp³-hybridized carbons (Fsp3) is 0.353. The Hall–Kier alpha value is -2.03. The summed E-state index contributed by atoms with van der Waals surface area (Å²) >= 11 is 0. The van der Waals surface area contributed by atoms with E-state index in [4.69, 9.17) is 0 Å². The van der Waals surface area contributed by atoms with Crippen LogP contribution in [0.25, 0.3) is 0 Å². The number of nitrogens with zero attached hydrogens (tertiary/aromatic N) is 1. The van der Waals surface area contributed by atoms with Crippen LogP contribution in [0.15, 0.2) is 54.9 Å². The highest BCUT2D eigenvalue weighted by Gasteiger charge is 2.01. The summed E-state index contributed by atoms with van der Waals surface area (Å²) in [6.07, 6.45) is 7.55. The molecule has 0 fully saturated rings. The molecule has 1 aromatic carbocycles. The predicted octanol–water partition coefficient (Wildman–Crippen LogP) is 3.02. The molecule has 3 nitrogen and oxygen atoms in total. The Kier molecular flexibility index (Phi) is 5.90. The van der Waals surface area contributed by atoms with Gasteiger partial charge >= 0.3 is 0 Å². The van der Waals surface area contributed by atoms with E-state index in [1.807, 2.05) is 42.7 Å². The van der Waals surface area contributed by atoms with Crippen LogP contribution >= 0.6 is 0 Å². The molecule has 0 atom stereocenters. The molecule has 0 aliphatic carbocycles. The van der Waals surface area contributed by atoms with Crippen molar-refractivity contribution in [2.45, 2.75) is 32.2 Å². The van der Waals surface area contributed by atoms with Crippen molar-refractivity contribution < 1.29 is 4.79 Å². The Morgan fingerprint density at radius 1 is 1.00 bits per heavy atom. The number of hydrogen-bond acceptors (Lipinski definition) is 1. The van der Waals surface area contributed by atoms with Gasteiger partial charge in [-0.1, -0.05) is 30.3 Å². The molecule has 2 rings (SSSR count). The summed E-state index contributed by atoms with van der Waals surface area (Å²) in [4.78, 5) is 11.7. The maximum absolute atomic E-state index is 11.7. The van der Waals surface area contributed by atoms with E-state index in [9.17, 15) is 4.79 Å². The third-order valence-corrected chi connectivity index (χ3v) is 3.29. The van der Waals surface area contributed by atoms with Gasteiger partial charge in [0.15, 0.2) is 0 Å². The van der Waals surface area contributed by atoms with Crippen molar-refractivity contribution in [3.05, 3.63) is 60.4 Å². The molecular formula is C17H22N2O. The number of hydrogen-bond donors (Lipinski definition) is 1. The quantitative estimate of drug-likeness (QED) is 0.735. The highest BCUT2D eigenvalue weighted by Crippen LogP contribution is 2.04. The third-order valence-electron chi connectivity index (χ3n) is 3.29. The monoisotopic (exact) mass is 270 g/mol. The van der Waals surface area contributed by atoms with Gasteiger partial charge in [0.2, 0.25) is 5.91 Å². The van der Waals surface area contributed by atoms with Crippen molar-refractivity contribution in [2.75, 3.05) is 6.54 Å². The van der Waals surface area contributed by atoms with E-state index in [1.165, 1.54) is 5.56 Å². The smallest absolute Gasteiger partial charge is 0.220 e. The fourth-order valence-electron chi connectivity index (χ4n) is 2.19. The summed E-state index contributed by atoms with van der Waals surface area (Å²) in [5.41, 5.74) is 1.30. The molecule has 0 bridgehead atoms. The van der Waals surface area contributed by atoms with Crippen molar-refractivity contribution in [1.82, 2.24) is 9.88 Å². The van der Waals surface area contributed by atoms with Crippen LogP contribution in [0.4, 0.5) is 0 Å². The predicted molar refractivity (Wildman–Crippen MR) is 81.4 cm³/mol. The van der Waals surface area contributed by atoms with Gasteiger partial charge in [0.1, 0.15) is 0 Å². The van der Waals surface area contributed by atoms with Crippen LogP contribution in [0.2, 0.25) is 0 Å². The maximum atomic E-state index is 11.7. The first-order chi connectivity index (χ1) is 9.84. The molecule has 0 saturated carbocycles. The van der Waals surface area contributed by atoms with Crippen molar-refractivity contribution >= 4 is 5.91 Å². The fourth-order valence-corrected chi connectivity index (χ4v) is 2.19.